The lowest BCUT2D eigenvalue weighted by Gasteiger charge is -2.37. The van der Waals surface area contributed by atoms with Crippen LogP contribution in [0.1, 0.15) is 16.8 Å². The van der Waals surface area contributed by atoms with Crippen molar-refractivity contribution in [3.8, 4) is 0 Å². The fourth-order valence-corrected chi connectivity index (χ4v) is 3.72. The van der Waals surface area contributed by atoms with E-state index in [4.69, 9.17) is 5.11 Å². The molecule has 1 aromatic carbocycles. The number of benzene rings is 1. The lowest BCUT2D eigenvalue weighted by molar-refractivity contribution is -0.139. The van der Waals surface area contributed by atoms with E-state index in [2.05, 4.69) is 4.74 Å². The summed E-state index contributed by atoms with van der Waals surface area (Å²) in [6, 6.07) is 5.44. The average molecular weight is 313 g/mol. The van der Waals surface area contributed by atoms with Gasteiger partial charge in [0.2, 0.25) is 10.0 Å². The molecular weight excluding hydrogens is 298 g/mol. The van der Waals surface area contributed by atoms with E-state index in [0.29, 0.717) is 0 Å². The van der Waals surface area contributed by atoms with Crippen molar-refractivity contribution in [2.75, 3.05) is 20.2 Å². The van der Waals surface area contributed by atoms with Crippen LogP contribution in [0.25, 0.3) is 0 Å². The summed E-state index contributed by atoms with van der Waals surface area (Å²) in [4.78, 5) is 21.9. The molecule has 0 bridgehead atoms. The molecule has 0 aromatic heterocycles. The first-order chi connectivity index (χ1) is 9.84. The second kappa shape index (κ2) is 5.82. The number of rotatable bonds is 5. The van der Waals surface area contributed by atoms with Gasteiger partial charge >= 0.3 is 11.9 Å². The van der Waals surface area contributed by atoms with Crippen LogP contribution in [0, 0.1) is 5.92 Å². The number of aliphatic carboxylic acids is 1. The summed E-state index contributed by atoms with van der Waals surface area (Å²) < 4.78 is 30.3. The normalized spacial score (nSPS) is 16.2. The molecule has 0 spiro atoms. The standard InChI is InChI=1S/C13H15NO6S/c1-20-13(17)10-2-4-11(5-3-10)21(18,19)14-7-9(8-14)6-12(15)16/h2-5,9H,6-8H2,1H3,(H,15,16). The largest absolute Gasteiger partial charge is 0.481 e. The topological polar surface area (TPSA) is 101 Å². The van der Waals surface area contributed by atoms with E-state index in [-0.39, 0.29) is 35.9 Å². The Labute approximate surface area is 122 Å². The number of carboxylic acid groups (broad SMARTS) is 1. The van der Waals surface area contributed by atoms with Gasteiger partial charge in [0, 0.05) is 13.1 Å². The van der Waals surface area contributed by atoms with Crippen molar-refractivity contribution < 1.29 is 27.9 Å². The highest BCUT2D eigenvalue weighted by Crippen LogP contribution is 2.27. The number of methoxy groups -OCH3 is 1. The van der Waals surface area contributed by atoms with Crippen LogP contribution in [0.15, 0.2) is 29.2 Å². The monoisotopic (exact) mass is 313 g/mol. The molecule has 8 heteroatoms. The van der Waals surface area contributed by atoms with Gasteiger partial charge in [-0.15, -0.1) is 0 Å². The van der Waals surface area contributed by atoms with Gasteiger partial charge in [-0.3, -0.25) is 4.79 Å². The molecule has 0 aliphatic carbocycles. The molecule has 7 nitrogen and oxygen atoms in total. The molecule has 1 N–H and O–H groups in total. The third-order valence-electron chi connectivity index (χ3n) is 3.30. The number of sulfonamides is 1. The van der Waals surface area contributed by atoms with Crippen molar-refractivity contribution in [2.45, 2.75) is 11.3 Å². The molecule has 1 aromatic rings. The highest BCUT2D eigenvalue weighted by atomic mass is 32.2. The minimum absolute atomic E-state index is 0.0344. The molecule has 0 radical (unpaired) electrons. The lowest BCUT2D eigenvalue weighted by atomic mass is 10.00. The molecular formula is C13H15NO6S. The summed E-state index contributed by atoms with van der Waals surface area (Å²) in [5.41, 5.74) is 0.267. The van der Waals surface area contributed by atoms with Crippen LogP contribution in [0.5, 0.6) is 0 Å². The molecule has 1 heterocycles. The Morgan fingerprint density at radius 3 is 2.33 bits per heavy atom. The van der Waals surface area contributed by atoms with Crippen LogP contribution >= 0.6 is 0 Å². The van der Waals surface area contributed by atoms with Gasteiger partial charge in [-0.1, -0.05) is 0 Å². The minimum atomic E-state index is -3.63. The quantitative estimate of drug-likeness (QED) is 0.797. The number of carbonyl (C=O) groups excluding carboxylic acids is 1. The van der Waals surface area contributed by atoms with E-state index in [0.717, 1.165) is 0 Å². The zero-order valence-corrected chi connectivity index (χ0v) is 12.2. The maximum absolute atomic E-state index is 12.3. The van der Waals surface area contributed by atoms with Crippen molar-refractivity contribution in [3.05, 3.63) is 29.8 Å². The molecule has 0 atom stereocenters. The van der Waals surface area contributed by atoms with Gasteiger partial charge in [0.05, 0.1) is 24.0 Å². The third kappa shape index (κ3) is 3.22. The summed E-state index contributed by atoms with van der Waals surface area (Å²) >= 11 is 0. The lowest BCUT2D eigenvalue weighted by Crippen LogP contribution is -2.50. The van der Waals surface area contributed by atoms with Gasteiger partial charge in [0.1, 0.15) is 0 Å². The third-order valence-corrected chi connectivity index (χ3v) is 5.15. The summed E-state index contributed by atoms with van der Waals surface area (Å²) in [6.07, 6.45) is -0.0344. The van der Waals surface area contributed by atoms with Crippen molar-refractivity contribution in [2.24, 2.45) is 5.92 Å². The van der Waals surface area contributed by atoms with Crippen LogP contribution in [0.2, 0.25) is 0 Å². The molecule has 21 heavy (non-hydrogen) atoms. The molecule has 0 unspecified atom stereocenters. The Kier molecular flexibility index (Phi) is 4.29. The van der Waals surface area contributed by atoms with Gasteiger partial charge in [-0.25, -0.2) is 13.2 Å². The Balaban J connectivity index is 2.07. The van der Waals surface area contributed by atoms with Gasteiger partial charge in [0.15, 0.2) is 0 Å². The molecule has 1 aliphatic heterocycles. The zero-order chi connectivity index (χ0) is 15.6. The predicted octanol–water partition coefficient (Wildman–Crippen LogP) is 0.568. The Bertz CT molecular complexity index is 646. The summed E-state index contributed by atoms with van der Waals surface area (Å²) in [5, 5.41) is 8.65. The van der Waals surface area contributed by atoms with Gasteiger partial charge in [0.25, 0.3) is 0 Å². The Morgan fingerprint density at radius 1 is 1.29 bits per heavy atom. The van der Waals surface area contributed by atoms with E-state index in [9.17, 15) is 18.0 Å². The Morgan fingerprint density at radius 2 is 1.86 bits per heavy atom. The number of hydrogen-bond acceptors (Lipinski definition) is 5. The predicted molar refractivity (Wildman–Crippen MR) is 72.3 cm³/mol. The van der Waals surface area contributed by atoms with Crippen LogP contribution in [-0.4, -0.2) is 50.0 Å². The number of ether oxygens (including phenoxy) is 1. The average Bonchev–Trinajstić information content (AvgIpc) is 2.41. The van der Waals surface area contributed by atoms with Gasteiger partial charge in [-0.05, 0) is 30.2 Å². The zero-order valence-electron chi connectivity index (χ0n) is 11.4. The minimum Gasteiger partial charge on any atom is -0.481 e. The van der Waals surface area contributed by atoms with E-state index in [1.165, 1.54) is 35.7 Å². The maximum Gasteiger partial charge on any atom is 0.337 e. The number of carboxylic acids is 1. The van der Waals surface area contributed by atoms with Gasteiger partial charge < -0.3 is 9.84 Å². The molecule has 2 rings (SSSR count). The number of esters is 1. The van der Waals surface area contributed by atoms with Crippen LogP contribution < -0.4 is 0 Å². The molecule has 0 saturated carbocycles. The summed E-state index contributed by atoms with van der Waals surface area (Å²) in [7, 11) is -2.39. The smallest absolute Gasteiger partial charge is 0.337 e. The molecule has 114 valence electrons. The first-order valence-corrected chi connectivity index (χ1v) is 7.69. The molecule has 1 aliphatic rings. The first kappa shape index (κ1) is 15.5. The highest BCUT2D eigenvalue weighted by Gasteiger charge is 2.37. The maximum atomic E-state index is 12.3. The molecule has 1 fully saturated rings. The first-order valence-electron chi connectivity index (χ1n) is 6.25. The number of carbonyl (C=O) groups is 2. The fourth-order valence-electron chi connectivity index (χ4n) is 2.12. The van der Waals surface area contributed by atoms with Crippen LogP contribution in [0.3, 0.4) is 0 Å². The molecule has 0 amide bonds. The van der Waals surface area contributed by atoms with E-state index in [1.807, 2.05) is 0 Å². The highest BCUT2D eigenvalue weighted by molar-refractivity contribution is 7.89. The summed E-state index contributed by atoms with van der Waals surface area (Å²) in [5.74, 6) is -1.62. The fraction of sp³-hybridized carbons (Fsp3) is 0.385. The second-order valence-corrected chi connectivity index (χ2v) is 6.74. The second-order valence-electron chi connectivity index (χ2n) is 4.80. The number of nitrogens with zero attached hydrogens (tertiary/aromatic N) is 1. The van der Waals surface area contributed by atoms with Crippen molar-refractivity contribution in [1.29, 1.82) is 0 Å². The number of hydrogen-bond donors (Lipinski definition) is 1. The van der Waals surface area contributed by atoms with Gasteiger partial charge in [-0.2, -0.15) is 4.31 Å². The van der Waals surface area contributed by atoms with Crippen LogP contribution in [0.4, 0.5) is 0 Å². The van der Waals surface area contributed by atoms with E-state index < -0.39 is 22.0 Å². The summed E-state index contributed by atoms with van der Waals surface area (Å²) in [6.45, 7) is 0.404. The van der Waals surface area contributed by atoms with E-state index in [1.54, 1.807) is 0 Å². The van der Waals surface area contributed by atoms with Crippen molar-refractivity contribution >= 4 is 22.0 Å². The van der Waals surface area contributed by atoms with Crippen molar-refractivity contribution in [3.63, 3.8) is 0 Å². The SMILES string of the molecule is COC(=O)c1ccc(S(=O)(=O)N2CC(CC(=O)O)C2)cc1. The van der Waals surface area contributed by atoms with Crippen molar-refractivity contribution in [1.82, 2.24) is 4.31 Å². The molecule has 1 saturated heterocycles. The Hall–Kier alpha value is -1.93. The van der Waals surface area contributed by atoms with E-state index >= 15 is 0 Å². The van der Waals surface area contributed by atoms with Crippen LogP contribution in [-0.2, 0) is 19.6 Å².